The normalized spacial score (nSPS) is 31.0. The lowest BCUT2D eigenvalue weighted by atomic mass is 9.88. The lowest BCUT2D eigenvalue weighted by molar-refractivity contribution is -0.121. The first-order valence-electron chi connectivity index (χ1n) is 8.96. The van der Waals surface area contributed by atoms with E-state index in [0.717, 1.165) is 18.9 Å². The minimum absolute atomic E-state index is 0.183. The molecule has 4 atom stereocenters. The maximum Gasteiger partial charge on any atom is 0.221 e. The number of hydrogen-bond acceptors (Lipinski definition) is 3. The highest BCUT2D eigenvalue weighted by molar-refractivity contribution is 5.76. The van der Waals surface area contributed by atoms with Gasteiger partial charge >= 0.3 is 0 Å². The monoisotopic (exact) mass is 295 g/mol. The van der Waals surface area contributed by atoms with Crippen LogP contribution in [0.4, 0.5) is 0 Å². The van der Waals surface area contributed by atoms with Crippen LogP contribution in [0.2, 0.25) is 0 Å². The van der Waals surface area contributed by atoms with Gasteiger partial charge in [-0.1, -0.05) is 19.8 Å². The average molecular weight is 295 g/mol. The maximum absolute atomic E-state index is 11.8. The Morgan fingerprint density at radius 3 is 2.81 bits per heavy atom. The SMILES string of the molecule is CCC(C)NC(=O)CCNC1CCCC1C1CCCCN1. The summed E-state index contributed by atoms with van der Waals surface area (Å²) >= 11 is 0. The van der Waals surface area contributed by atoms with Crippen molar-refractivity contribution in [3.63, 3.8) is 0 Å². The van der Waals surface area contributed by atoms with Crippen LogP contribution in [0.1, 0.15) is 65.2 Å². The zero-order valence-corrected chi connectivity index (χ0v) is 13.8. The van der Waals surface area contributed by atoms with E-state index in [2.05, 4.69) is 29.8 Å². The van der Waals surface area contributed by atoms with E-state index in [4.69, 9.17) is 0 Å². The largest absolute Gasteiger partial charge is 0.354 e. The highest BCUT2D eigenvalue weighted by Crippen LogP contribution is 2.31. The van der Waals surface area contributed by atoms with Gasteiger partial charge in [0.2, 0.25) is 5.91 Å². The highest BCUT2D eigenvalue weighted by atomic mass is 16.1. The van der Waals surface area contributed by atoms with Crippen LogP contribution in [-0.4, -0.2) is 37.1 Å². The topological polar surface area (TPSA) is 53.2 Å². The van der Waals surface area contributed by atoms with Crippen molar-refractivity contribution in [2.45, 2.75) is 83.3 Å². The molecule has 2 fully saturated rings. The number of amides is 1. The van der Waals surface area contributed by atoms with Gasteiger partial charge in [0.15, 0.2) is 0 Å². The van der Waals surface area contributed by atoms with E-state index >= 15 is 0 Å². The van der Waals surface area contributed by atoms with Crippen LogP contribution in [0.5, 0.6) is 0 Å². The molecule has 1 aliphatic heterocycles. The van der Waals surface area contributed by atoms with E-state index in [9.17, 15) is 4.79 Å². The molecule has 122 valence electrons. The van der Waals surface area contributed by atoms with Crippen molar-refractivity contribution < 1.29 is 4.79 Å². The fourth-order valence-electron chi connectivity index (χ4n) is 3.79. The lowest BCUT2D eigenvalue weighted by Crippen LogP contribution is -2.47. The summed E-state index contributed by atoms with van der Waals surface area (Å²) in [6.45, 7) is 6.16. The Kier molecular flexibility index (Phi) is 6.97. The molecule has 2 rings (SSSR count). The second-order valence-electron chi connectivity index (χ2n) is 6.84. The van der Waals surface area contributed by atoms with E-state index in [1.807, 2.05) is 0 Å². The fourth-order valence-corrected chi connectivity index (χ4v) is 3.79. The minimum atomic E-state index is 0.183. The Labute approximate surface area is 129 Å². The first-order chi connectivity index (χ1) is 10.2. The van der Waals surface area contributed by atoms with Crippen molar-refractivity contribution in [1.29, 1.82) is 0 Å². The van der Waals surface area contributed by atoms with Crippen LogP contribution < -0.4 is 16.0 Å². The first kappa shape index (κ1) is 16.8. The molecular weight excluding hydrogens is 262 g/mol. The second kappa shape index (κ2) is 8.74. The molecule has 0 aromatic heterocycles. The van der Waals surface area contributed by atoms with Gasteiger partial charge in [0.25, 0.3) is 0 Å². The zero-order chi connectivity index (χ0) is 15.1. The molecular formula is C17H33N3O. The summed E-state index contributed by atoms with van der Waals surface area (Å²) in [6, 6.07) is 1.60. The van der Waals surface area contributed by atoms with Gasteiger partial charge in [-0.05, 0) is 51.5 Å². The van der Waals surface area contributed by atoms with Gasteiger partial charge in [0, 0.05) is 31.1 Å². The molecule has 0 bridgehead atoms. The smallest absolute Gasteiger partial charge is 0.221 e. The number of nitrogens with one attached hydrogen (secondary N) is 3. The highest BCUT2D eigenvalue weighted by Gasteiger charge is 2.33. The molecule has 0 radical (unpaired) electrons. The number of carbonyl (C=O) groups excluding carboxylic acids is 1. The van der Waals surface area contributed by atoms with Crippen molar-refractivity contribution in [3.05, 3.63) is 0 Å². The number of hydrogen-bond donors (Lipinski definition) is 3. The third-order valence-electron chi connectivity index (χ3n) is 5.21. The summed E-state index contributed by atoms with van der Waals surface area (Å²) in [5.41, 5.74) is 0. The van der Waals surface area contributed by atoms with Gasteiger partial charge in [0.05, 0.1) is 0 Å². The van der Waals surface area contributed by atoms with Crippen LogP contribution in [0, 0.1) is 5.92 Å². The molecule has 1 amide bonds. The summed E-state index contributed by atoms with van der Waals surface area (Å²) in [5.74, 6) is 0.949. The molecule has 3 N–H and O–H groups in total. The number of carbonyl (C=O) groups is 1. The van der Waals surface area contributed by atoms with E-state index in [1.165, 1.54) is 45.1 Å². The van der Waals surface area contributed by atoms with Crippen LogP contribution in [0.3, 0.4) is 0 Å². The van der Waals surface area contributed by atoms with Crippen molar-refractivity contribution in [1.82, 2.24) is 16.0 Å². The van der Waals surface area contributed by atoms with Crippen molar-refractivity contribution >= 4 is 5.91 Å². The van der Waals surface area contributed by atoms with Crippen molar-refractivity contribution in [2.24, 2.45) is 5.92 Å². The molecule has 0 aromatic rings. The molecule has 21 heavy (non-hydrogen) atoms. The maximum atomic E-state index is 11.8. The van der Waals surface area contributed by atoms with Gasteiger partial charge in [-0.2, -0.15) is 0 Å². The molecule has 1 heterocycles. The summed E-state index contributed by atoms with van der Waals surface area (Å²) < 4.78 is 0. The molecule has 0 spiro atoms. The standard InChI is InChI=1S/C17H33N3O/c1-3-13(2)20-17(21)10-12-19-16-9-6-7-14(16)15-8-4-5-11-18-15/h13-16,18-19H,3-12H2,1-2H3,(H,20,21). The Balaban J connectivity index is 1.68. The zero-order valence-electron chi connectivity index (χ0n) is 13.8. The molecule has 4 heteroatoms. The number of piperidine rings is 1. The Morgan fingerprint density at radius 1 is 1.24 bits per heavy atom. The van der Waals surface area contributed by atoms with Crippen LogP contribution in [0.25, 0.3) is 0 Å². The number of rotatable bonds is 7. The van der Waals surface area contributed by atoms with Crippen molar-refractivity contribution in [2.75, 3.05) is 13.1 Å². The molecule has 4 unspecified atom stereocenters. The quantitative estimate of drug-likeness (QED) is 0.675. The molecule has 0 aromatic carbocycles. The van der Waals surface area contributed by atoms with Gasteiger partial charge < -0.3 is 16.0 Å². The third-order valence-corrected chi connectivity index (χ3v) is 5.21. The molecule has 1 saturated heterocycles. The molecule has 4 nitrogen and oxygen atoms in total. The summed E-state index contributed by atoms with van der Waals surface area (Å²) in [6.07, 6.45) is 9.58. The predicted molar refractivity (Wildman–Crippen MR) is 87.3 cm³/mol. The second-order valence-corrected chi connectivity index (χ2v) is 6.84. The van der Waals surface area contributed by atoms with Gasteiger partial charge in [-0.3, -0.25) is 4.79 Å². The van der Waals surface area contributed by atoms with E-state index < -0.39 is 0 Å². The molecule has 1 aliphatic carbocycles. The molecule has 2 aliphatic rings. The Hall–Kier alpha value is -0.610. The molecule has 1 saturated carbocycles. The minimum Gasteiger partial charge on any atom is -0.354 e. The van der Waals surface area contributed by atoms with Gasteiger partial charge in [-0.15, -0.1) is 0 Å². The van der Waals surface area contributed by atoms with Gasteiger partial charge in [-0.25, -0.2) is 0 Å². The van der Waals surface area contributed by atoms with Crippen LogP contribution >= 0.6 is 0 Å². The van der Waals surface area contributed by atoms with E-state index in [-0.39, 0.29) is 5.91 Å². The first-order valence-corrected chi connectivity index (χ1v) is 8.96. The summed E-state index contributed by atoms with van der Waals surface area (Å²) in [7, 11) is 0. The fraction of sp³-hybridized carbons (Fsp3) is 0.941. The van der Waals surface area contributed by atoms with Crippen LogP contribution in [-0.2, 0) is 4.79 Å². The third kappa shape index (κ3) is 5.26. The Bertz CT molecular complexity index is 315. The van der Waals surface area contributed by atoms with Gasteiger partial charge in [0.1, 0.15) is 0 Å². The summed E-state index contributed by atoms with van der Waals surface area (Å²) in [5, 5.41) is 10.4. The van der Waals surface area contributed by atoms with E-state index in [1.54, 1.807) is 0 Å². The van der Waals surface area contributed by atoms with Crippen LogP contribution in [0.15, 0.2) is 0 Å². The summed E-state index contributed by atoms with van der Waals surface area (Å²) in [4.78, 5) is 11.8. The van der Waals surface area contributed by atoms with Crippen molar-refractivity contribution in [3.8, 4) is 0 Å². The van der Waals surface area contributed by atoms with E-state index in [0.29, 0.717) is 24.5 Å². The Morgan fingerprint density at radius 2 is 2.10 bits per heavy atom. The average Bonchev–Trinajstić information content (AvgIpc) is 2.96. The predicted octanol–water partition coefficient (Wildman–Crippen LogP) is 2.19. The lowest BCUT2D eigenvalue weighted by Gasteiger charge is -2.33.